The van der Waals surface area contributed by atoms with Crippen molar-refractivity contribution in [3.8, 4) is 11.3 Å². The molecule has 9 heteroatoms. The van der Waals surface area contributed by atoms with E-state index in [1.165, 1.54) is 24.3 Å². The van der Waals surface area contributed by atoms with Gasteiger partial charge in [0.2, 0.25) is 5.91 Å². The number of carbonyl (C=O) groups is 1. The lowest BCUT2D eigenvalue weighted by Gasteiger charge is -2.30. The number of anilines is 2. The van der Waals surface area contributed by atoms with Crippen LogP contribution in [0.4, 0.5) is 20.3 Å². The van der Waals surface area contributed by atoms with Crippen molar-refractivity contribution in [2.45, 2.75) is 32.0 Å². The molecule has 0 bridgehead atoms. The number of halogens is 3. The van der Waals surface area contributed by atoms with E-state index in [0.29, 0.717) is 48.2 Å². The fraction of sp³-hybridized carbons (Fsp3) is 0.304. The lowest BCUT2D eigenvalue weighted by atomic mass is 10.1. The number of hydrogen-bond donors (Lipinski definition) is 2. The quantitative estimate of drug-likeness (QED) is 0.598. The van der Waals surface area contributed by atoms with Gasteiger partial charge in [0.15, 0.2) is 0 Å². The molecule has 3 N–H and O–H groups in total. The van der Waals surface area contributed by atoms with E-state index in [4.69, 9.17) is 22.3 Å². The third-order valence-electron chi connectivity index (χ3n) is 6.00. The fourth-order valence-corrected chi connectivity index (χ4v) is 4.15. The summed E-state index contributed by atoms with van der Waals surface area (Å²) in [5, 5.41) is 3.27. The summed E-state index contributed by atoms with van der Waals surface area (Å²) in [5.74, 6) is 0.660. The molecule has 0 unspecified atom stereocenters. The molecule has 0 radical (unpaired) electrons. The van der Waals surface area contributed by atoms with E-state index >= 15 is 0 Å². The van der Waals surface area contributed by atoms with Gasteiger partial charge in [-0.25, -0.2) is 13.8 Å². The highest BCUT2D eigenvalue weighted by molar-refractivity contribution is 6.30. The number of nitrogens with two attached hydrogens (primary N) is 1. The molecule has 0 spiro atoms. The minimum absolute atomic E-state index is 0.0331. The molecule has 1 amide bonds. The zero-order chi connectivity index (χ0) is 22.4. The molecule has 1 atom stereocenters. The molecule has 2 aliphatic rings. The van der Waals surface area contributed by atoms with E-state index < -0.39 is 11.9 Å². The van der Waals surface area contributed by atoms with Crippen LogP contribution in [0.3, 0.4) is 0 Å². The number of benzene rings is 2. The molecular weight excluding hydrogens is 436 g/mol. The van der Waals surface area contributed by atoms with Gasteiger partial charge in [0, 0.05) is 24.3 Å². The van der Waals surface area contributed by atoms with Crippen molar-refractivity contribution >= 4 is 29.0 Å². The highest BCUT2D eigenvalue weighted by Gasteiger charge is 2.37. The maximum absolute atomic E-state index is 14.0. The minimum Gasteiger partial charge on any atom is -0.340 e. The zero-order valence-electron chi connectivity index (χ0n) is 17.2. The van der Waals surface area contributed by atoms with Gasteiger partial charge in [0.1, 0.15) is 29.0 Å². The van der Waals surface area contributed by atoms with E-state index in [-0.39, 0.29) is 22.7 Å². The molecule has 5 rings (SSSR count). The van der Waals surface area contributed by atoms with Crippen molar-refractivity contribution in [1.29, 1.82) is 0 Å². The van der Waals surface area contributed by atoms with Gasteiger partial charge in [-0.2, -0.15) is 0 Å². The predicted octanol–water partition coefficient (Wildman–Crippen LogP) is 4.30. The summed E-state index contributed by atoms with van der Waals surface area (Å²) in [6.07, 6.45) is 1.99. The third-order valence-corrected chi connectivity index (χ3v) is 6.31. The average molecular weight is 458 g/mol. The van der Waals surface area contributed by atoms with E-state index in [2.05, 4.69) is 5.32 Å². The first-order valence-corrected chi connectivity index (χ1v) is 10.9. The number of hydrogen-bond acceptors (Lipinski definition) is 4. The molecule has 3 aromatic rings. The van der Waals surface area contributed by atoms with E-state index in [1.807, 2.05) is 4.57 Å². The lowest BCUT2D eigenvalue weighted by molar-refractivity contribution is -0.134. The summed E-state index contributed by atoms with van der Waals surface area (Å²) in [6, 6.07) is 10.0. The van der Waals surface area contributed by atoms with Crippen LogP contribution in [0.2, 0.25) is 5.02 Å². The highest BCUT2D eigenvalue weighted by Crippen LogP contribution is 2.35. The van der Waals surface area contributed by atoms with Gasteiger partial charge >= 0.3 is 0 Å². The molecule has 166 valence electrons. The molecule has 1 fully saturated rings. The molecule has 2 heterocycles. The normalized spacial score (nSPS) is 16.6. The first-order chi connectivity index (χ1) is 15.4. The fourth-order valence-electron chi connectivity index (χ4n) is 4.03. The molecule has 2 aromatic carbocycles. The van der Waals surface area contributed by atoms with Crippen molar-refractivity contribution in [3.63, 3.8) is 0 Å². The Kier molecular flexibility index (Phi) is 5.35. The van der Waals surface area contributed by atoms with E-state index in [1.54, 1.807) is 23.1 Å². The van der Waals surface area contributed by atoms with Crippen LogP contribution in [0, 0.1) is 17.6 Å². The second-order valence-corrected chi connectivity index (χ2v) is 8.67. The number of imidazole rings is 1. The Morgan fingerprint density at radius 2 is 1.91 bits per heavy atom. The Hall–Kier alpha value is -2.97. The maximum Gasteiger partial charge on any atom is 0.240 e. The number of fused-ring (bicyclic) bond motifs is 1. The van der Waals surface area contributed by atoms with Crippen molar-refractivity contribution in [1.82, 2.24) is 14.5 Å². The number of aromatic nitrogens is 2. The Labute approximate surface area is 189 Å². The number of carbonyl (C=O) groups excluding carboxylic acids is 1. The van der Waals surface area contributed by atoms with Crippen LogP contribution in [0.5, 0.6) is 0 Å². The van der Waals surface area contributed by atoms with Gasteiger partial charge in [-0.15, -0.1) is 0 Å². The molecule has 1 aliphatic carbocycles. The van der Waals surface area contributed by atoms with E-state index in [9.17, 15) is 13.6 Å². The third kappa shape index (κ3) is 3.96. The van der Waals surface area contributed by atoms with Gasteiger partial charge in [-0.3, -0.25) is 4.79 Å². The van der Waals surface area contributed by atoms with Crippen LogP contribution in [-0.2, 0) is 17.9 Å². The first-order valence-electron chi connectivity index (χ1n) is 10.5. The summed E-state index contributed by atoms with van der Waals surface area (Å²) in [5.41, 5.74) is 7.94. The minimum atomic E-state index is -0.538. The smallest absolute Gasteiger partial charge is 0.240 e. The van der Waals surface area contributed by atoms with Gasteiger partial charge in [0.05, 0.1) is 17.6 Å². The molecule has 6 nitrogen and oxygen atoms in total. The number of nitrogens with zero attached hydrogens (tertiary/aromatic N) is 3. The van der Waals surface area contributed by atoms with Gasteiger partial charge in [-0.05, 0) is 61.2 Å². The van der Waals surface area contributed by atoms with Crippen molar-refractivity contribution in [2.75, 3.05) is 11.9 Å². The van der Waals surface area contributed by atoms with Gasteiger partial charge in [0.25, 0.3) is 0 Å². The average Bonchev–Trinajstić information content (AvgIpc) is 3.58. The largest absolute Gasteiger partial charge is 0.340 e. The molecule has 1 aliphatic heterocycles. The Bertz CT molecular complexity index is 1180. The van der Waals surface area contributed by atoms with Crippen LogP contribution in [0.1, 0.15) is 18.7 Å². The van der Waals surface area contributed by atoms with Crippen molar-refractivity contribution in [3.05, 3.63) is 64.9 Å². The monoisotopic (exact) mass is 457 g/mol. The van der Waals surface area contributed by atoms with Crippen LogP contribution in [-0.4, -0.2) is 32.9 Å². The second kappa shape index (κ2) is 8.18. The summed E-state index contributed by atoms with van der Waals surface area (Å²) < 4.78 is 29.5. The molecule has 32 heavy (non-hydrogen) atoms. The zero-order valence-corrected chi connectivity index (χ0v) is 17.9. The lowest BCUT2D eigenvalue weighted by Crippen LogP contribution is -2.47. The Morgan fingerprint density at radius 1 is 1.16 bits per heavy atom. The SMILES string of the molecule is N[C@H](C(=O)N1CCn2c(nc(-c3ccc(F)cc3)c2Nc2ccc(Cl)c(F)c2)C1)C1CC1. The van der Waals surface area contributed by atoms with Gasteiger partial charge < -0.3 is 20.5 Å². The van der Waals surface area contributed by atoms with Crippen LogP contribution < -0.4 is 11.1 Å². The topological polar surface area (TPSA) is 76.2 Å². The summed E-state index contributed by atoms with van der Waals surface area (Å²) >= 11 is 5.81. The predicted molar refractivity (Wildman–Crippen MR) is 118 cm³/mol. The Balaban J connectivity index is 1.50. The summed E-state index contributed by atoms with van der Waals surface area (Å²) in [6.45, 7) is 1.32. The van der Waals surface area contributed by atoms with Crippen molar-refractivity contribution in [2.24, 2.45) is 11.7 Å². The Morgan fingerprint density at radius 3 is 2.59 bits per heavy atom. The van der Waals surface area contributed by atoms with Crippen LogP contribution >= 0.6 is 11.6 Å². The van der Waals surface area contributed by atoms with Crippen LogP contribution in [0.15, 0.2) is 42.5 Å². The molecule has 1 aromatic heterocycles. The highest BCUT2D eigenvalue weighted by atomic mass is 35.5. The van der Waals surface area contributed by atoms with Crippen molar-refractivity contribution < 1.29 is 13.6 Å². The van der Waals surface area contributed by atoms with E-state index in [0.717, 1.165) is 12.8 Å². The molecule has 0 saturated heterocycles. The van der Waals surface area contributed by atoms with Crippen LogP contribution in [0.25, 0.3) is 11.3 Å². The second-order valence-electron chi connectivity index (χ2n) is 8.26. The number of rotatable bonds is 5. The molecular formula is C23H22ClF2N5O. The molecule has 1 saturated carbocycles. The summed E-state index contributed by atoms with van der Waals surface area (Å²) in [7, 11) is 0. The maximum atomic E-state index is 14.0. The number of nitrogens with one attached hydrogen (secondary N) is 1. The first kappa shape index (κ1) is 20.9. The number of amides is 1. The summed E-state index contributed by atoms with van der Waals surface area (Å²) in [4.78, 5) is 19.3. The van der Waals surface area contributed by atoms with Gasteiger partial charge in [-0.1, -0.05) is 11.6 Å². The standard InChI is InChI=1S/C23H22ClF2N5O/c24-17-8-7-16(11-18(17)26)28-22-21(14-3-5-15(25)6-4-14)29-19-12-30(9-10-31(19)22)23(32)20(27)13-1-2-13/h3-8,11,13,20,28H,1-2,9-10,12,27H2/t20-/m0/s1.